The zero-order chi connectivity index (χ0) is 22.6. The number of carbonyl (C=O) groups is 1. The minimum atomic E-state index is -4.01. The van der Waals surface area contributed by atoms with Gasteiger partial charge in [0, 0.05) is 27.3 Å². The van der Waals surface area contributed by atoms with Crippen LogP contribution in [0.3, 0.4) is 0 Å². The van der Waals surface area contributed by atoms with Crippen LogP contribution < -0.4 is 5.32 Å². The molecule has 0 aliphatic carbocycles. The van der Waals surface area contributed by atoms with Crippen LogP contribution in [0.2, 0.25) is 15.1 Å². The molecule has 0 spiro atoms. The number of nitrogens with zero attached hydrogens (tertiary/aromatic N) is 1. The Bertz CT molecular complexity index is 1180. The summed E-state index contributed by atoms with van der Waals surface area (Å²) in [6.07, 6.45) is 0. The quantitative estimate of drug-likeness (QED) is 0.449. The van der Waals surface area contributed by atoms with Gasteiger partial charge in [0.25, 0.3) is 0 Å². The van der Waals surface area contributed by atoms with E-state index in [1.807, 2.05) is 19.1 Å². The molecule has 0 radical (unpaired) electrons. The Labute approximate surface area is 196 Å². The molecule has 3 aromatic carbocycles. The highest BCUT2D eigenvalue weighted by Crippen LogP contribution is 2.26. The highest BCUT2D eigenvalue weighted by molar-refractivity contribution is 7.89. The summed E-state index contributed by atoms with van der Waals surface area (Å²) in [5.41, 5.74) is 2.14. The lowest BCUT2D eigenvalue weighted by Gasteiger charge is -2.22. The van der Waals surface area contributed by atoms with Gasteiger partial charge in [-0.05, 0) is 61.0 Å². The number of anilines is 1. The molecule has 5 nitrogen and oxygen atoms in total. The Morgan fingerprint density at radius 2 is 1.52 bits per heavy atom. The molecule has 0 saturated heterocycles. The third kappa shape index (κ3) is 6.21. The van der Waals surface area contributed by atoms with Gasteiger partial charge in [-0.25, -0.2) is 8.42 Å². The summed E-state index contributed by atoms with van der Waals surface area (Å²) in [6, 6.07) is 17.7. The number of halogens is 3. The van der Waals surface area contributed by atoms with Crippen molar-refractivity contribution >= 4 is 56.4 Å². The Morgan fingerprint density at radius 3 is 2.13 bits per heavy atom. The van der Waals surface area contributed by atoms with Gasteiger partial charge >= 0.3 is 0 Å². The first-order chi connectivity index (χ1) is 14.6. The maximum Gasteiger partial charge on any atom is 0.243 e. The number of amides is 1. The molecule has 9 heteroatoms. The van der Waals surface area contributed by atoms with Gasteiger partial charge in [-0.1, -0.05) is 58.6 Å². The summed E-state index contributed by atoms with van der Waals surface area (Å²) < 4.78 is 27.6. The Balaban J connectivity index is 1.90. The fourth-order valence-electron chi connectivity index (χ4n) is 2.82. The zero-order valence-corrected chi connectivity index (χ0v) is 19.6. The molecule has 1 N–H and O–H groups in total. The van der Waals surface area contributed by atoms with E-state index < -0.39 is 22.5 Å². The molecule has 1 amide bonds. The van der Waals surface area contributed by atoms with Gasteiger partial charge < -0.3 is 5.32 Å². The van der Waals surface area contributed by atoms with Gasteiger partial charge in [0.2, 0.25) is 15.9 Å². The third-order valence-electron chi connectivity index (χ3n) is 4.47. The number of benzene rings is 3. The van der Waals surface area contributed by atoms with Crippen LogP contribution in [0, 0.1) is 6.92 Å². The molecule has 0 aliphatic rings. The highest BCUT2D eigenvalue weighted by atomic mass is 35.5. The van der Waals surface area contributed by atoms with Gasteiger partial charge in [0.15, 0.2) is 0 Å². The predicted molar refractivity (Wildman–Crippen MR) is 125 cm³/mol. The average molecular weight is 498 g/mol. The molecule has 0 aliphatic heterocycles. The summed E-state index contributed by atoms with van der Waals surface area (Å²) in [4.78, 5) is 12.7. The van der Waals surface area contributed by atoms with E-state index in [0.29, 0.717) is 26.3 Å². The highest BCUT2D eigenvalue weighted by Gasteiger charge is 2.27. The van der Waals surface area contributed by atoms with Crippen molar-refractivity contribution in [3.05, 3.63) is 92.9 Å². The second kappa shape index (κ2) is 10.0. The molecule has 3 aromatic rings. The standard InChI is InChI=1S/C22H19Cl3N2O3S/c1-15-2-8-19(9-3-15)26-22(28)14-27(13-16-4-5-18(24)12-21(16)25)31(29,30)20-10-6-17(23)7-11-20/h2-12H,13-14H2,1H3,(H,26,28). The number of nitrogens with one attached hydrogen (secondary N) is 1. The van der Waals surface area contributed by atoms with Crippen molar-refractivity contribution in [1.29, 1.82) is 0 Å². The SMILES string of the molecule is Cc1ccc(NC(=O)CN(Cc2ccc(Cl)cc2Cl)S(=O)(=O)c2ccc(Cl)cc2)cc1. The van der Waals surface area contributed by atoms with E-state index in [0.717, 1.165) is 9.87 Å². The summed E-state index contributed by atoms with van der Waals surface area (Å²) in [6.45, 7) is 1.42. The average Bonchev–Trinajstić information content (AvgIpc) is 2.71. The molecule has 0 heterocycles. The van der Waals surface area contributed by atoms with Crippen LogP contribution in [0.4, 0.5) is 5.69 Å². The Kier molecular flexibility index (Phi) is 7.62. The van der Waals surface area contributed by atoms with Crippen LogP contribution in [-0.4, -0.2) is 25.2 Å². The molecule has 162 valence electrons. The number of sulfonamides is 1. The van der Waals surface area contributed by atoms with E-state index in [1.165, 1.54) is 30.3 Å². The van der Waals surface area contributed by atoms with Crippen molar-refractivity contribution in [1.82, 2.24) is 4.31 Å². The molecule has 0 atom stereocenters. The largest absolute Gasteiger partial charge is 0.325 e. The minimum absolute atomic E-state index is 0.0186. The van der Waals surface area contributed by atoms with Crippen LogP contribution in [0.1, 0.15) is 11.1 Å². The van der Waals surface area contributed by atoms with Gasteiger partial charge in [-0.2, -0.15) is 4.31 Å². The van der Waals surface area contributed by atoms with Crippen LogP contribution in [-0.2, 0) is 21.4 Å². The van der Waals surface area contributed by atoms with E-state index >= 15 is 0 Å². The number of carbonyl (C=O) groups excluding carboxylic acids is 1. The first kappa shape index (κ1) is 23.6. The van der Waals surface area contributed by atoms with Crippen LogP contribution in [0.5, 0.6) is 0 Å². The van der Waals surface area contributed by atoms with Crippen molar-refractivity contribution in [2.75, 3.05) is 11.9 Å². The van der Waals surface area contributed by atoms with Crippen LogP contribution >= 0.6 is 34.8 Å². The van der Waals surface area contributed by atoms with Crippen molar-refractivity contribution in [2.45, 2.75) is 18.4 Å². The topological polar surface area (TPSA) is 66.5 Å². The molecule has 0 saturated carbocycles. The molecule has 0 fully saturated rings. The summed E-state index contributed by atoms with van der Waals surface area (Å²) in [7, 11) is -4.01. The van der Waals surface area contributed by atoms with E-state index in [4.69, 9.17) is 34.8 Å². The number of hydrogen-bond donors (Lipinski definition) is 1. The van der Waals surface area contributed by atoms with Gasteiger partial charge in [-0.3, -0.25) is 4.79 Å². The lowest BCUT2D eigenvalue weighted by Crippen LogP contribution is -2.37. The lowest BCUT2D eigenvalue weighted by atomic mass is 10.2. The maximum atomic E-state index is 13.3. The van der Waals surface area contributed by atoms with Crippen LogP contribution in [0.25, 0.3) is 0 Å². The first-order valence-corrected chi connectivity index (χ1v) is 11.8. The van der Waals surface area contributed by atoms with Gasteiger partial charge in [0.1, 0.15) is 0 Å². The van der Waals surface area contributed by atoms with Crippen molar-refractivity contribution in [2.24, 2.45) is 0 Å². The smallest absolute Gasteiger partial charge is 0.243 e. The maximum absolute atomic E-state index is 13.3. The third-order valence-corrected chi connectivity index (χ3v) is 7.11. The predicted octanol–water partition coefficient (Wildman–Crippen LogP) is 5.78. The number of rotatable bonds is 7. The van der Waals surface area contributed by atoms with E-state index in [1.54, 1.807) is 24.3 Å². The van der Waals surface area contributed by atoms with Crippen molar-refractivity contribution < 1.29 is 13.2 Å². The summed E-state index contributed by atoms with van der Waals surface area (Å²) in [5, 5.41) is 3.86. The Hall–Kier alpha value is -2.09. The molecule has 0 bridgehead atoms. The molecular formula is C22H19Cl3N2O3S. The van der Waals surface area contributed by atoms with E-state index in [-0.39, 0.29) is 11.4 Å². The van der Waals surface area contributed by atoms with Gasteiger partial charge in [0.05, 0.1) is 11.4 Å². The van der Waals surface area contributed by atoms with Gasteiger partial charge in [-0.15, -0.1) is 0 Å². The monoisotopic (exact) mass is 496 g/mol. The normalized spacial score (nSPS) is 11.5. The minimum Gasteiger partial charge on any atom is -0.325 e. The van der Waals surface area contributed by atoms with E-state index in [9.17, 15) is 13.2 Å². The van der Waals surface area contributed by atoms with E-state index in [2.05, 4.69) is 5.32 Å². The fraction of sp³-hybridized carbons (Fsp3) is 0.136. The first-order valence-electron chi connectivity index (χ1n) is 9.21. The number of hydrogen-bond acceptors (Lipinski definition) is 3. The molecular weight excluding hydrogens is 479 g/mol. The summed E-state index contributed by atoms with van der Waals surface area (Å²) in [5.74, 6) is -0.480. The second-order valence-electron chi connectivity index (χ2n) is 6.88. The summed E-state index contributed by atoms with van der Waals surface area (Å²) >= 11 is 18.1. The fourth-order valence-corrected chi connectivity index (χ4v) is 4.79. The van der Waals surface area contributed by atoms with Crippen LogP contribution in [0.15, 0.2) is 71.6 Å². The lowest BCUT2D eigenvalue weighted by molar-refractivity contribution is -0.116. The molecule has 31 heavy (non-hydrogen) atoms. The molecule has 0 aromatic heterocycles. The second-order valence-corrected chi connectivity index (χ2v) is 10.1. The molecule has 3 rings (SSSR count). The zero-order valence-electron chi connectivity index (χ0n) is 16.5. The van der Waals surface area contributed by atoms with Crippen molar-refractivity contribution in [3.8, 4) is 0 Å². The number of aryl methyl sites for hydroxylation is 1. The van der Waals surface area contributed by atoms with Crippen molar-refractivity contribution in [3.63, 3.8) is 0 Å². The molecule has 0 unspecified atom stereocenters. The Morgan fingerprint density at radius 1 is 0.903 bits per heavy atom.